The van der Waals surface area contributed by atoms with Crippen LogP contribution < -0.4 is 5.32 Å². The van der Waals surface area contributed by atoms with E-state index in [1.54, 1.807) is 0 Å². The van der Waals surface area contributed by atoms with E-state index in [2.05, 4.69) is 31.0 Å². The van der Waals surface area contributed by atoms with Gasteiger partial charge >= 0.3 is 0 Å². The number of hydrogen-bond acceptors (Lipinski definition) is 3. The quantitative estimate of drug-likeness (QED) is 0.758. The van der Waals surface area contributed by atoms with Crippen LogP contribution in [0, 0.1) is 17.3 Å². The van der Waals surface area contributed by atoms with Crippen molar-refractivity contribution in [3.05, 3.63) is 0 Å². The summed E-state index contributed by atoms with van der Waals surface area (Å²) in [4.78, 5) is 2.68. The van der Waals surface area contributed by atoms with E-state index in [1.807, 2.05) is 0 Å². The molecule has 0 aromatic heterocycles. The molecule has 2 rings (SSSR count). The normalized spacial score (nSPS) is 33.4. The van der Waals surface area contributed by atoms with E-state index in [1.165, 1.54) is 51.7 Å². The summed E-state index contributed by atoms with van der Waals surface area (Å²) in [5.41, 5.74) is 0.445. The van der Waals surface area contributed by atoms with Gasteiger partial charge in [-0.2, -0.15) is 0 Å². The highest BCUT2D eigenvalue weighted by atomic mass is 16.3. The van der Waals surface area contributed by atoms with Crippen molar-refractivity contribution >= 4 is 0 Å². The van der Waals surface area contributed by atoms with Gasteiger partial charge in [0.25, 0.3) is 0 Å². The summed E-state index contributed by atoms with van der Waals surface area (Å²) >= 11 is 0. The van der Waals surface area contributed by atoms with E-state index < -0.39 is 0 Å². The van der Waals surface area contributed by atoms with Crippen LogP contribution in [0.25, 0.3) is 0 Å². The number of aliphatic hydroxyl groups is 1. The van der Waals surface area contributed by atoms with E-state index in [4.69, 9.17) is 5.11 Å². The van der Waals surface area contributed by atoms with Crippen LogP contribution in [0.3, 0.4) is 0 Å². The summed E-state index contributed by atoms with van der Waals surface area (Å²) in [5, 5.41) is 13.0. The standard InChI is InChI=1S/C18H36N2O/c1-4-10-19-17-16(7-9-18(17,2)3)14-20-11-5-6-15(13-20)8-12-21/h15-17,19,21H,4-14H2,1-3H3. The highest BCUT2D eigenvalue weighted by molar-refractivity contribution is 4.97. The zero-order valence-electron chi connectivity index (χ0n) is 14.4. The Labute approximate surface area is 131 Å². The lowest BCUT2D eigenvalue weighted by Crippen LogP contribution is -2.47. The molecule has 2 aliphatic rings. The molecular formula is C18H36N2O. The number of rotatable bonds is 7. The topological polar surface area (TPSA) is 35.5 Å². The smallest absolute Gasteiger partial charge is 0.0434 e. The first-order valence-electron chi connectivity index (χ1n) is 9.13. The van der Waals surface area contributed by atoms with Crippen molar-refractivity contribution in [2.45, 2.75) is 65.3 Å². The van der Waals surface area contributed by atoms with Crippen LogP contribution >= 0.6 is 0 Å². The average Bonchev–Trinajstić information content (AvgIpc) is 2.72. The van der Waals surface area contributed by atoms with Gasteiger partial charge in [-0.1, -0.05) is 20.8 Å². The van der Waals surface area contributed by atoms with Crippen molar-refractivity contribution in [3.8, 4) is 0 Å². The molecule has 124 valence electrons. The van der Waals surface area contributed by atoms with Crippen LogP contribution in [0.4, 0.5) is 0 Å². The van der Waals surface area contributed by atoms with Crippen LogP contribution in [0.5, 0.6) is 0 Å². The molecule has 0 spiro atoms. The maximum absolute atomic E-state index is 9.17. The second-order valence-electron chi connectivity index (χ2n) is 8.00. The minimum Gasteiger partial charge on any atom is -0.396 e. The third-order valence-corrected chi connectivity index (χ3v) is 5.72. The van der Waals surface area contributed by atoms with Crippen molar-refractivity contribution in [3.63, 3.8) is 0 Å². The molecule has 3 nitrogen and oxygen atoms in total. The molecule has 3 unspecified atom stereocenters. The number of hydrogen-bond donors (Lipinski definition) is 2. The Morgan fingerprint density at radius 1 is 1.29 bits per heavy atom. The Morgan fingerprint density at radius 3 is 2.81 bits per heavy atom. The van der Waals surface area contributed by atoms with E-state index in [0.717, 1.165) is 24.8 Å². The number of likely N-dealkylation sites (tertiary alicyclic amines) is 1. The first-order chi connectivity index (χ1) is 10.1. The van der Waals surface area contributed by atoms with Gasteiger partial charge in [0, 0.05) is 25.7 Å². The first-order valence-corrected chi connectivity index (χ1v) is 9.13. The molecule has 1 aliphatic carbocycles. The van der Waals surface area contributed by atoms with Gasteiger partial charge in [-0.25, -0.2) is 0 Å². The van der Waals surface area contributed by atoms with Gasteiger partial charge in [-0.3, -0.25) is 0 Å². The summed E-state index contributed by atoms with van der Waals surface area (Å²) in [6.07, 6.45) is 7.56. The highest BCUT2D eigenvalue weighted by Gasteiger charge is 2.42. The SMILES string of the molecule is CCCNC1C(CN2CCCC(CCO)C2)CCC1(C)C. The minimum absolute atomic E-state index is 0.357. The molecule has 0 amide bonds. The molecule has 1 aliphatic heterocycles. The molecule has 3 atom stereocenters. The van der Waals surface area contributed by atoms with Crippen molar-refractivity contribution in [2.24, 2.45) is 17.3 Å². The average molecular weight is 296 g/mol. The van der Waals surface area contributed by atoms with Crippen LogP contribution in [-0.4, -0.2) is 48.8 Å². The van der Waals surface area contributed by atoms with Gasteiger partial charge in [0.2, 0.25) is 0 Å². The zero-order chi connectivity index (χ0) is 15.3. The fraction of sp³-hybridized carbons (Fsp3) is 1.00. The Bertz CT molecular complexity index is 304. The van der Waals surface area contributed by atoms with Gasteiger partial charge in [0.05, 0.1) is 0 Å². The predicted molar refractivity (Wildman–Crippen MR) is 89.5 cm³/mol. The first kappa shape index (κ1) is 17.2. The van der Waals surface area contributed by atoms with Gasteiger partial charge in [-0.15, -0.1) is 0 Å². The lowest BCUT2D eigenvalue weighted by atomic mass is 9.84. The van der Waals surface area contributed by atoms with Crippen molar-refractivity contribution in [1.29, 1.82) is 0 Å². The van der Waals surface area contributed by atoms with Gasteiger partial charge < -0.3 is 15.3 Å². The lowest BCUT2D eigenvalue weighted by molar-refractivity contribution is 0.118. The number of nitrogens with zero attached hydrogens (tertiary/aromatic N) is 1. The van der Waals surface area contributed by atoms with Crippen molar-refractivity contribution in [2.75, 3.05) is 32.8 Å². The molecular weight excluding hydrogens is 260 g/mol. The Balaban J connectivity index is 1.88. The summed E-state index contributed by atoms with van der Waals surface area (Å²) in [5.74, 6) is 1.53. The molecule has 21 heavy (non-hydrogen) atoms. The monoisotopic (exact) mass is 296 g/mol. The van der Waals surface area contributed by atoms with Gasteiger partial charge in [-0.05, 0) is 68.9 Å². The minimum atomic E-state index is 0.357. The Hall–Kier alpha value is -0.120. The van der Waals surface area contributed by atoms with Crippen LogP contribution in [0.2, 0.25) is 0 Å². The molecule has 0 aromatic rings. The molecule has 0 aromatic carbocycles. The van der Waals surface area contributed by atoms with Gasteiger partial charge in [0.1, 0.15) is 0 Å². The largest absolute Gasteiger partial charge is 0.396 e. The second-order valence-corrected chi connectivity index (χ2v) is 8.00. The van der Waals surface area contributed by atoms with Crippen LogP contribution in [0.1, 0.15) is 59.3 Å². The molecule has 3 heteroatoms. The van der Waals surface area contributed by atoms with E-state index in [0.29, 0.717) is 18.1 Å². The Kier molecular flexibility index (Phi) is 6.51. The maximum atomic E-state index is 9.17. The summed E-state index contributed by atoms with van der Waals surface area (Å²) < 4.78 is 0. The molecule has 1 saturated heterocycles. The molecule has 0 radical (unpaired) electrons. The van der Waals surface area contributed by atoms with E-state index >= 15 is 0 Å². The summed E-state index contributed by atoms with van der Waals surface area (Å²) in [7, 11) is 0. The predicted octanol–water partition coefficient (Wildman–Crippen LogP) is 2.89. The maximum Gasteiger partial charge on any atom is 0.0434 e. The molecule has 2 N–H and O–H groups in total. The third-order valence-electron chi connectivity index (χ3n) is 5.72. The van der Waals surface area contributed by atoms with E-state index in [9.17, 15) is 0 Å². The van der Waals surface area contributed by atoms with Gasteiger partial charge in [0.15, 0.2) is 0 Å². The summed E-state index contributed by atoms with van der Waals surface area (Å²) in [6, 6.07) is 0.677. The second kappa shape index (κ2) is 7.94. The fourth-order valence-corrected chi connectivity index (χ4v) is 4.52. The molecule has 1 saturated carbocycles. The third kappa shape index (κ3) is 4.67. The molecule has 0 bridgehead atoms. The highest BCUT2D eigenvalue weighted by Crippen LogP contribution is 2.42. The Morgan fingerprint density at radius 2 is 2.10 bits per heavy atom. The zero-order valence-corrected chi connectivity index (χ0v) is 14.4. The molecule has 2 fully saturated rings. The fourth-order valence-electron chi connectivity index (χ4n) is 4.52. The van der Waals surface area contributed by atoms with Crippen LogP contribution in [-0.2, 0) is 0 Å². The lowest BCUT2D eigenvalue weighted by Gasteiger charge is -2.37. The van der Waals surface area contributed by atoms with Crippen LogP contribution in [0.15, 0.2) is 0 Å². The van der Waals surface area contributed by atoms with Crippen molar-refractivity contribution in [1.82, 2.24) is 10.2 Å². The van der Waals surface area contributed by atoms with E-state index in [-0.39, 0.29) is 0 Å². The molecule has 1 heterocycles. The number of nitrogens with one attached hydrogen (secondary N) is 1. The number of piperidine rings is 1. The number of aliphatic hydroxyl groups excluding tert-OH is 1. The van der Waals surface area contributed by atoms with Crippen molar-refractivity contribution < 1.29 is 5.11 Å². The summed E-state index contributed by atoms with van der Waals surface area (Å²) in [6.45, 7) is 12.4.